The number of aryl methyl sites for hydroxylation is 2. The fourth-order valence-electron chi connectivity index (χ4n) is 4.29. The maximum absolute atomic E-state index is 13.7. The monoisotopic (exact) mass is 590 g/mol. The van der Waals surface area contributed by atoms with E-state index in [1.165, 1.54) is 6.07 Å². The number of fused-ring (bicyclic) bond motifs is 2. The summed E-state index contributed by atoms with van der Waals surface area (Å²) in [5.74, 6) is -0.161. The fraction of sp³-hybridized carbons (Fsp3) is 0.360. The van der Waals surface area contributed by atoms with E-state index in [9.17, 15) is 14.0 Å². The van der Waals surface area contributed by atoms with Crippen molar-refractivity contribution < 1.29 is 26.5 Å². The van der Waals surface area contributed by atoms with E-state index in [1.807, 2.05) is 36.0 Å². The summed E-state index contributed by atoms with van der Waals surface area (Å²) in [5, 5.41) is 5.94. The number of amides is 2. The van der Waals surface area contributed by atoms with Gasteiger partial charge in [0.2, 0.25) is 0 Å². The highest BCUT2D eigenvalue weighted by Crippen LogP contribution is 2.49. The van der Waals surface area contributed by atoms with Gasteiger partial charge in [-0.2, -0.15) is 0 Å². The van der Waals surface area contributed by atoms with Gasteiger partial charge in [0.1, 0.15) is 48.2 Å². The van der Waals surface area contributed by atoms with Gasteiger partial charge < -0.3 is 23.2 Å². The van der Waals surface area contributed by atoms with Crippen LogP contribution >= 0.6 is 23.0 Å². The second-order valence-electron chi connectivity index (χ2n) is 8.98. The molecule has 0 aliphatic heterocycles. The van der Waals surface area contributed by atoms with Crippen LogP contribution in [0.1, 0.15) is 30.4 Å². The summed E-state index contributed by atoms with van der Waals surface area (Å²) in [6.07, 6.45) is 1.26. The summed E-state index contributed by atoms with van der Waals surface area (Å²) in [7, 11) is 5.88. The van der Waals surface area contributed by atoms with Crippen molar-refractivity contribution in [2.45, 2.75) is 44.8 Å². The molecule has 1 unspecified atom stereocenters. The predicted octanol–water partition coefficient (Wildman–Crippen LogP) is 2.85. The molecule has 0 spiro atoms. The quantitative estimate of drug-likeness (QED) is 0.347. The van der Waals surface area contributed by atoms with Gasteiger partial charge in [-0.1, -0.05) is 23.2 Å². The molecular formula is C25H25BFIN2O5. The highest BCUT2D eigenvalue weighted by atomic mass is 127. The molecule has 5 rings (SSSR count). The zero-order valence-corrected chi connectivity index (χ0v) is 21.6. The topological polar surface area (TPSA) is 85.9 Å². The van der Waals surface area contributed by atoms with Crippen LogP contribution in [0, 0.1) is 19.7 Å². The third kappa shape index (κ3) is 5.80. The maximum Gasteiger partial charge on any atom is 0.262 e. The molecule has 0 heterocycles. The van der Waals surface area contributed by atoms with Crippen LogP contribution in [0.4, 0.5) is 4.39 Å². The van der Waals surface area contributed by atoms with Gasteiger partial charge in [0, 0.05) is 18.2 Å². The van der Waals surface area contributed by atoms with E-state index in [2.05, 4.69) is 10.6 Å². The fourth-order valence-corrected chi connectivity index (χ4v) is 4.96. The first-order valence-corrected chi connectivity index (χ1v) is 12.0. The van der Waals surface area contributed by atoms with Crippen LogP contribution in [0.25, 0.3) is 0 Å². The van der Waals surface area contributed by atoms with Crippen LogP contribution in [0.5, 0.6) is 11.5 Å². The summed E-state index contributed by atoms with van der Waals surface area (Å²) in [6.45, 7) is 3.17. The SMILES string of the molecule is [B]c1cc(OCC(=O)NC2=C3CC(NC(=O)COc4ccc(C)c(F)c4)(C3)C(OI)C2)ccc1C. The third-order valence-corrected chi connectivity index (χ3v) is 7.02. The average molecular weight is 590 g/mol. The van der Waals surface area contributed by atoms with Crippen molar-refractivity contribution in [1.29, 1.82) is 0 Å². The Morgan fingerprint density at radius 2 is 1.69 bits per heavy atom. The number of benzene rings is 2. The second-order valence-corrected chi connectivity index (χ2v) is 9.49. The standard InChI is InChI=1S/C25H25BFIN2O5/c1-14-3-5-17(7-19(14)26)33-12-23(31)29-21-9-22(35-28)25(10-16(21)11-25)30-24(32)13-34-18-6-4-15(2)20(27)8-18/h3-8,22H,9-13H2,1-2H3,(H,29,31)(H,30,32). The van der Waals surface area contributed by atoms with Crippen LogP contribution in [-0.4, -0.2) is 44.5 Å². The Hall–Kier alpha value is -2.60. The van der Waals surface area contributed by atoms with Crippen molar-refractivity contribution in [2.24, 2.45) is 0 Å². The average Bonchev–Trinajstić information content (AvgIpc) is 2.80. The molecule has 0 saturated heterocycles. The predicted molar refractivity (Wildman–Crippen MR) is 137 cm³/mol. The molecule has 10 heteroatoms. The van der Waals surface area contributed by atoms with Gasteiger partial charge in [0.15, 0.2) is 13.2 Å². The minimum Gasteiger partial charge on any atom is -0.484 e. The lowest BCUT2D eigenvalue weighted by atomic mass is 9.62. The number of ether oxygens (including phenoxy) is 2. The van der Waals surface area contributed by atoms with Gasteiger partial charge in [-0.15, -0.1) is 0 Å². The molecule has 35 heavy (non-hydrogen) atoms. The van der Waals surface area contributed by atoms with Crippen molar-refractivity contribution in [3.63, 3.8) is 0 Å². The molecule has 2 aromatic rings. The Labute approximate surface area is 218 Å². The summed E-state index contributed by atoms with van der Waals surface area (Å²) >= 11 is 1.82. The zero-order valence-electron chi connectivity index (χ0n) is 19.5. The number of nitrogens with one attached hydrogen (secondary N) is 2. The van der Waals surface area contributed by atoms with Crippen LogP contribution in [0.15, 0.2) is 47.7 Å². The Morgan fingerprint density at radius 3 is 2.31 bits per heavy atom. The second kappa shape index (κ2) is 10.6. The Balaban J connectivity index is 1.30. The van der Waals surface area contributed by atoms with Crippen molar-refractivity contribution in [3.8, 4) is 11.5 Å². The van der Waals surface area contributed by atoms with Gasteiger partial charge in [-0.25, -0.2) is 4.39 Å². The lowest BCUT2D eigenvalue weighted by molar-refractivity contribution is -0.128. The van der Waals surface area contributed by atoms with E-state index in [-0.39, 0.29) is 36.9 Å². The number of rotatable bonds is 9. The molecule has 1 atom stereocenters. The number of hydrogen-bond acceptors (Lipinski definition) is 5. The van der Waals surface area contributed by atoms with Gasteiger partial charge in [0.25, 0.3) is 11.8 Å². The van der Waals surface area contributed by atoms with Gasteiger partial charge >= 0.3 is 0 Å². The number of halogens is 2. The molecule has 3 aliphatic rings. The minimum absolute atomic E-state index is 0.145. The van der Waals surface area contributed by atoms with Crippen LogP contribution in [0.2, 0.25) is 0 Å². The first-order valence-electron chi connectivity index (χ1n) is 11.2. The van der Waals surface area contributed by atoms with E-state index in [1.54, 1.807) is 31.2 Å². The largest absolute Gasteiger partial charge is 0.484 e. The normalized spacial score (nSPS) is 20.6. The molecule has 1 saturated carbocycles. The van der Waals surface area contributed by atoms with E-state index in [0.717, 1.165) is 16.8 Å². The van der Waals surface area contributed by atoms with Gasteiger partial charge in [0.05, 0.1) is 11.6 Å². The summed E-state index contributed by atoms with van der Waals surface area (Å²) in [5.41, 5.74) is 3.35. The lowest BCUT2D eigenvalue weighted by Crippen LogP contribution is -2.66. The molecule has 1 fully saturated rings. The molecule has 2 aromatic carbocycles. The molecule has 2 N–H and O–H groups in total. The van der Waals surface area contributed by atoms with Crippen LogP contribution in [0.3, 0.4) is 0 Å². The number of hydrogen-bond donors (Lipinski definition) is 2. The summed E-state index contributed by atoms with van der Waals surface area (Å²) in [6, 6.07) is 9.77. The van der Waals surface area contributed by atoms with E-state index in [4.69, 9.17) is 20.4 Å². The lowest BCUT2D eigenvalue weighted by Gasteiger charge is -2.53. The smallest absolute Gasteiger partial charge is 0.262 e. The first-order chi connectivity index (χ1) is 16.7. The molecule has 182 valence electrons. The number of carbonyl (C=O) groups excluding carboxylic acids is 2. The third-order valence-electron chi connectivity index (χ3n) is 6.41. The van der Waals surface area contributed by atoms with E-state index < -0.39 is 5.54 Å². The molecule has 0 aromatic heterocycles. The Bertz CT molecular complexity index is 1180. The number of carbonyl (C=O) groups is 2. The van der Waals surface area contributed by atoms with Crippen LogP contribution < -0.4 is 25.6 Å². The van der Waals surface area contributed by atoms with Crippen molar-refractivity contribution in [1.82, 2.24) is 10.6 Å². The molecule has 3 aliphatic carbocycles. The zero-order chi connectivity index (χ0) is 25.2. The summed E-state index contributed by atoms with van der Waals surface area (Å²) in [4.78, 5) is 25.0. The molecule has 7 nitrogen and oxygen atoms in total. The van der Waals surface area contributed by atoms with Gasteiger partial charge in [-0.05, 0) is 56.0 Å². The minimum atomic E-state index is -0.556. The van der Waals surface area contributed by atoms with Gasteiger partial charge in [-0.3, -0.25) is 9.59 Å². The molecule has 2 amide bonds. The first kappa shape index (κ1) is 25.5. The molecule has 2 bridgehead atoms. The van der Waals surface area contributed by atoms with Crippen molar-refractivity contribution >= 4 is 48.1 Å². The Kier molecular flexibility index (Phi) is 7.70. The highest BCUT2D eigenvalue weighted by molar-refractivity contribution is 14.1. The van der Waals surface area contributed by atoms with Crippen LogP contribution in [-0.2, 0) is 12.7 Å². The van der Waals surface area contributed by atoms with E-state index >= 15 is 0 Å². The molecule has 2 radical (unpaired) electrons. The Morgan fingerprint density at radius 1 is 1.06 bits per heavy atom. The molecular weight excluding hydrogens is 565 g/mol. The van der Waals surface area contributed by atoms with Crippen molar-refractivity contribution in [2.75, 3.05) is 13.2 Å². The van der Waals surface area contributed by atoms with E-state index in [0.29, 0.717) is 41.8 Å². The summed E-state index contributed by atoms with van der Waals surface area (Å²) < 4.78 is 30.3. The highest BCUT2D eigenvalue weighted by Gasteiger charge is 2.54. The van der Waals surface area contributed by atoms with Crippen molar-refractivity contribution in [3.05, 3.63) is 64.6 Å². The maximum atomic E-state index is 13.7.